The molecule has 0 aliphatic carbocycles. The van der Waals surface area contributed by atoms with E-state index in [1.807, 2.05) is 29.2 Å². The molecule has 0 atom stereocenters. The summed E-state index contributed by atoms with van der Waals surface area (Å²) in [6, 6.07) is 9.32. The summed E-state index contributed by atoms with van der Waals surface area (Å²) >= 11 is 0. The van der Waals surface area contributed by atoms with Gasteiger partial charge in [-0.05, 0) is 12.1 Å². The second-order valence-electron chi connectivity index (χ2n) is 5.38. The summed E-state index contributed by atoms with van der Waals surface area (Å²) in [5, 5.41) is 11.5. The third kappa shape index (κ3) is 2.21. The molecule has 0 radical (unpaired) electrons. The molecule has 1 fully saturated rings. The van der Waals surface area contributed by atoms with Crippen LogP contribution in [-0.4, -0.2) is 41.4 Å². The van der Waals surface area contributed by atoms with Crippen molar-refractivity contribution in [2.24, 2.45) is 0 Å². The zero-order valence-corrected chi connectivity index (χ0v) is 12.0. The van der Waals surface area contributed by atoms with Crippen LogP contribution < -0.4 is 10.2 Å². The molecular weight excluding hydrogens is 281 g/mol. The molecule has 3 heterocycles. The number of anilines is 1. The second kappa shape index (κ2) is 5.38. The Morgan fingerprint density at radius 3 is 2.77 bits per heavy atom. The van der Waals surface area contributed by atoms with Crippen molar-refractivity contribution in [3.05, 3.63) is 42.3 Å². The highest BCUT2D eigenvalue weighted by Gasteiger charge is 2.17. The number of hydrogen-bond donors (Lipinski definition) is 2. The van der Waals surface area contributed by atoms with Crippen LogP contribution in [0.4, 0.5) is 10.2 Å². The topological polar surface area (TPSA) is 56.8 Å². The predicted molar refractivity (Wildman–Crippen MR) is 84.4 cm³/mol. The summed E-state index contributed by atoms with van der Waals surface area (Å²) in [6.07, 6.45) is 1.70. The van der Waals surface area contributed by atoms with Gasteiger partial charge in [0.15, 0.2) is 11.6 Å². The Balaban J connectivity index is 1.73. The Labute approximate surface area is 127 Å². The molecule has 0 bridgehead atoms. The number of rotatable bonds is 2. The molecule has 0 amide bonds. The van der Waals surface area contributed by atoms with E-state index in [9.17, 15) is 4.39 Å². The zero-order chi connectivity index (χ0) is 14.9. The maximum absolute atomic E-state index is 14.5. The van der Waals surface area contributed by atoms with E-state index in [0.717, 1.165) is 42.8 Å². The summed E-state index contributed by atoms with van der Waals surface area (Å²) in [7, 11) is 0. The van der Waals surface area contributed by atoms with Gasteiger partial charge in [-0.2, -0.15) is 5.10 Å². The Morgan fingerprint density at radius 1 is 1.14 bits per heavy atom. The minimum Gasteiger partial charge on any atom is -0.352 e. The highest BCUT2D eigenvalue weighted by Crippen LogP contribution is 2.28. The van der Waals surface area contributed by atoms with Gasteiger partial charge < -0.3 is 10.2 Å². The molecule has 2 aromatic heterocycles. The number of aromatic nitrogens is 3. The van der Waals surface area contributed by atoms with Gasteiger partial charge in [0, 0.05) is 43.3 Å². The molecule has 0 saturated carbocycles. The van der Waals surface area contributed by atoms with E-state index in [-0.39, 0.29) is 5.82 Å². The minimum atomic E-state index is -0.300. The third-order valence-electron chi connectivity index (χ3n) is 3.98. The van der Waals surface area contributed by atoms with Crippen molar-refractivity contribution >= 4 is 16.7 Å². The molecule has 22 heavy (non-hydrogen) atoms. The molecule has 2 N–H and O–H groups in total. The number of aromatic amines is 1. The molecule has 0 unspecified atom stereocenters. The number of nitrogens with zero attached hydrogens (tertiary/aromatic N) is 3. The first kappa shape index (κ1) is 13.2. The number of nitrogens with one attached hydrogen (secondary N) is 2. The Bertz CT molecular complexity index is 807. The molecule has 1 aromatic carbocycles. The number of benzene rings is 1. The maximum atomic E-state index is 14.5. The van der Waals surface area contributed by atoms with Gasteiger partial charge in [0.1, 0.15) is 5.69 Å². The second-order valence-corrected chi connectivity index (χ2v) is 5.38. The van der Waals surface area contributed by atoms with E-state index in [1.54, 1.807) is 6.20 Å². The van der Waals surface area contributed by atoms with Crippen LogP contribution >= 0.6 is 0 Å². The number of piperazine rings is 1. The molecule has 5 nitrogen and oxygen atoms in total. The first-order chi connectivity index (χ1) is 10.8. The summed E-state index contributed by atoms with van der Waals surface area (Å²) in [5.41, 5.74) is 2.35. The largest absolute Gasteiger partial charge is 0.352 e. The SMILES string of the molecule is Fc1cc(-c2n[nH]c3ccccc23)cnc1N1CCNCC1. The first-order valence-electron chi connectivity index (χ1n) is 7.37. The van der Waals surface area contributed by atoms with Crippen molar-refractivity contribution in [1.29, 1.82) is 0 Å². The lowest BCUT2D eigenvalue weighted by Crippen LogP contribution is -2.44. The van der Waals surface area contributed by atoms with Crippen molar-refractivity contribution in [2.45, 2.75) is 0 Å². The number of halogens is 1. The molecule has 6 heteroatoms. The van der Waals surface area contributed by atoms with Crippen LogP contribution in [0.2, 0.25) is 0 Å². The summed E-state index contributed by atoms with van der Waals surface area (Å²) in [4.78, 5) is 6.30. The zero-order valence-electron chi connectivity index (χ0n) is 12.0. The molecule has 1 saturated heterocycles. The number of hydrogen-bond acceptors (Lipinski definition) is 4. The van der Waals surface area contributed by atoms with Gasteiger partial charge in [-0.1, -0.05) is 18.2 Å². The molecule has 112 valence electrons. The highest BCUT2D eigenvalue weighted by atomic mass is 19.1. The van der Waals surface area contributed by atoms with Gasteiger partial charge in [0.05, 0.1) is 5.52 Å². The van der Waals surface area contributed by atoms with Crippen molar-refractivity contribution in [3.63, 3.8) is 0 Å². The molecule has 4 rings (SSSR count). The fraction of sp³-hybridized carbons (Fsp3) is 0.250. The molecule has 0 spiro atoms. The number of fused-ring (bicyclic) bond motifs is 1. The van der Waals surface area contributed by atoms with Crippen molar-refractivity contribution in [2.75, 3.05) is 31.1 Å². The highest BCUT2D eigenvalue weighted by molar-refractivity contribution is 5.92. The van der Waals surface area contributed by atoms with Crippen LogP contribution in [0.15, 0.2) is 36.5 Å². The average molecular weight is 297 g/mol. The van der Waals surface area contributed by atoms with E-state index in [1.165, 1.54) is 6.07 Å². The molecule has 3 aromatic rings. The smallest absolute Gasteiger partial charge is 0.166 e. The van der Waals surface area contributed by atoms with E-state index < -0.39 is 0 Å². The molecular formula is C16H16FN5. The van der Waals surface area contributed by atoms with E-state index >= 15 is 0 Å². The normalized spacial score (nSPS) is 15.4. The average Bonchev–Trinajstić information content (AvgIpc) is 2.99. The monoisotopic (exact) mass is 297 g/mol. The van der Waals surface area contributed by atoms with Crippen LogP contribution in [-0.2, 0) is 0 Å². The van der Waals surface area contributed by atoms with Gasteiger partial charge >= 0.3 is 0 Å². The van der Waals surface area contributed by atoms with Gasteiger partial charge in [-0.15, -0.1) is 0 Å². The van der Waals surface area contributed by atoms with Crippen molar-refractivity contribution in [1.82, 2.24) is 20.5 Å². The predicted octanol–water partition coefficient (Wildman–Crippen LogP) is 2.17. The van der Waals surface area contributed by atoms with E-state index in [4.69, 9.17) is 0 Å². The Morgan fingerprint density at radius 2 is 1.95 bits per heavy atom. The summed E-state index contributed by atoms with van der Waals surface area (Å²) < 4.78 is 14.5. The summed E-state index contributed by atoms with van der Waals surface area (Å²) in [6.45, 7) is 3.25. The lowest BCUT2D eigenvalue weighted by molar-refractivity contribution is 0.559. The van der Waals surface area contributed by atoms with Crippen molar-refractivity contribution < 1.29 is 4.39 Å². The van der Waals surface area contributed by atoms with Gasteiger partial charge in [-0.3, -0.25) is 5.10 Å². The fourth-order valence-electron chi connectivity index (χ4n) is 2.85. The van der Waals surface area contributed by atoms with Crippen LogP contribution in [0.3, 0.4) is 0 Å². The fourth-order valence-corrected chi connectivity index (χ4v) is 2.85. The van der Waals surface area contributed by atoms with E-state index in [0.29, 0.717) is 11.4 Å². The number of para-hydroxylation sites is 1. The number of pyridine rings is 1. The Hall–Kier alpha value is -2.47. The standard InChI is InChI=1S/C16H16FN5/c17-13-9-11(10-19-16(13)22-7-5-18-6-8-22)15-12-3-1-2-4-14(12)20-21-15/h1-4,9-10,18H,5-8H2,(H,20,21). The van der Waals surface area contributed by atoms with Crippen LogP contribution in [0.5, 0.6) is 0 Å². The van der Waals surface area contributed by atoms with Crippen LogP contribution in [0, 0.1) is 5.82 Å². The maximum Gasteiger partial charge on any atom is 0.166 e. The van der Waals surface area contributed by atoms with Crippen molar-refractivity contribution in [3.8, 4) is 11.3 Å². The molecule has 1 aliphatic heterocycles. The minimum absolute atomic E-state index is 0.300. The van der Waals surface area contributed by atoms with Crippen LogP contribution in [0.1, 0.15) is 0 Å². The number of H-pyrrole nitrogens is 1. The lowest BCUT2D eigenvalue weighted by atomic mass is 10.1. The van der Waals surface area contributed by atoms with Gasteiger partial charge in [0.2, 0.25) is 0 Å². The van der Waals surface area contributed by atoms with E-state index in [2.05, 4.69) is 20.5 Å². The first-order valence-corrected chi connectivity index (χ1v) is 7.37. The quantitative estimate of drug-likeness (QED) is 0.761. The van der Waals surface area contributed by atoms with Crippen LogP contribution in [0.25, 0.3) is 22.2 Å². The third-order valence-corrected chi connectivity index (χ3v) is 3.98. The summed E-state index contributed by atoms with van der Waals surface area (Å²) in [5.74, 6) is 0.122. The van der Waals surface area contributed by atoms with Gasteiger partial charge in [0.25, 0.3) is 0 Å². The molecule has 1 aliphatic rings. The lowest BCUT2D eigenvalue weighted by Gasteiger charge is -2.28. The van der Waals surface area contributed by atoms with Gasteiger partial charge in [-0.25, -0.2) is 9.37 Å². The Kier molecular flexibility index (Phi) is 3.23.